The first-order valence-corrected chi connectivity index (χ1v) is 8.93. The van der Waals surface area contributed by atoms with Crippen molar-refractivity contribution in [3.05, 3.63) is 51.7 Å². The second-order valence-electron chi connectivity index (χ2n) is 5.13. The van der Waals surface area contributed by atoms with Crippen LogP contribution >= 0.6 is 22.7 Å². The fraction of sp³-hybridized carbons (Fsp3) is 0.188. The van der Waals surface area contributed by atoms with Crippen molar-refractivity contribution in [2.45, 2.75) is 20.3 Å². The van der Waals surface area contributed by atoms with Crippen molar-refractivity contribution < 1.29 is 14.0 Å². The third-order valence-corrected chi connectivity index (χ3v) is 5.16. The van der Waals surface area contributed by atoms with Crippen molar-refractivity contribution in [3.63, 3.8) is 0 Å². The van der Waals surface area contributed by atoms with Crippen LogP contribution < -0.4 is 10.9 Å². The first-order valence-electron chi connectivity index (χ1n) is 7.17. The SMILES string of the molecule is Cc1cc(C(=O)NNC(=O)Cc2csc(-c3cccs3)n2)c(C)o1. The Bertz CT molecular complexity index is 865. The fourth-order valence-corrected chi connectivity index (χ4v) is 3.79. The summed E-state index contributed by atoms with van der Waals surface area (Å²) in [5.41, 5.74) is 5.86. The largest absolute Gasteiger partial charge is 0.466 e. The molecule has 0 fully saturated rings. The molecule has 3 heterocycles. The first-order chi connectivity index (χ1) is 11.5. The molecule has 3 rings (SSSR count). The highest BCUT2D eigenvalue weighted by Gasteiger charge is 2.15. The van der Waals surface area contributed by atoms with Crippen LogP contribution in [0.5, 0.6) is 0 Å². The third kappa shape index (κ3) is 3.72. The quantitative estimate of drug-likeness (QED) is 0.700. The maximum Gasteiger partial charge on any atom is 0.273 e. The summed E-state index contributed by atoms with van der Waals surface area (Å²) in [7, 11) is 0. The molecule has 0 atom stereocenters. The zero-order valence-electron chi connectivity index (χ0n) is 13.1. The van der Waals surface area contributed by atoms with E-state index in [0.717, 1.165) is 9.88 Å². The maximum absolute atomic E-state index is 12.0. The number of thiophene rings is 1. The number of aromatic nitrogens is 1. The molecule has 3 aromatic heterocycles. The van der Waals surface area contributed by atoms with E-state index in [-0.39, 0.29) is 12.3 Å². The first kappa shape index (κ1) is 16.4. The number of hydrogen-bond donors (Lipinski definition) is 2. The molecule has 8 heteroatoms. The number of hydrogen-bond acceptors (Lipinski definition) is 6. The Hall–Kier alpha value is -2.45. The number of amides is 2. The normalized spacial score (nSPS) is 10.6. The summed E-state index contributed by atoms with van der Waals surface area (Å²) in [6.07, 6.45) is 0.103. The number of nitrogens with zero attached hydrogens (tertiary/aromatic N) is 1. The monoisotopic (exact) mass is 361 g/mol. The zero-order chi connectivity index (χ0) is 17.1. The number of aryl methyl sites for hydroxylation is 2. The van der Waals surface area contributed by atoms with Gasteiger partial charge in [-0.15, -0.1) is 22.7 Å². The second kappa shape index (κ2) is 6.98. The molecule has 2 amide bonds. The van der Waals surface area contributed by atoms with E-state index in [1.165, 1.54) is 11.3 Å². The van der Waals surface area contributed by atoms with Gasteiger partial charge in [-0.1, -0.05) is 6.07 Å². The molecule has 0 aliphatic rings. The molecular weight excluding hydrogens is 346 g/mol. The third-order valence-electron chi connectivity index (χ3n) is 3.23. The molecule has 0 spiro atoms. The lowest BCUT2D eigenvalue weighted by Gasteiger charge is -2.05. The Morgan fingerprint density at radius 2 is 2.08 bits per heavy atom. The Morgan fingerprint density at radius 1 is 1.25 bits per heavy atom. The molecule has 0 saturated carbocycles. The average Bonchev–Trinajstić information content (AvgIpc) is 3.25. The number of thiazole rings is 1. The molecule has 0 aliphatic carbocycles. The summed E-state index contributed by atoms with van der Waals surface area (Å²) in [4.78, 5) is 29.5. The lowest BCUT2D eigenvalue weighted by Crippen LogP contribution is -2.42. The Labute approximate surface area is 146 Å². The molecule has 0 radical (unpaired) electrons. The van der Waals surface area contributed by atoms with Crippen molar-refractivity contribution in [1.82, 2.24) is 15.8 Å². The van der Waals surface area contributed by atoms with E-state index in [2.05, 4.69) is 15.8 Å². The predicted molar refractivity (Wildman–Crippen MR) is 92.9 cm³/mol. The van der Waals surface area contributed by atoms with E-state index < -0.39 is 5.91 Å². The highest BCUT2D eigenvalue weighted by Crippen LogP contribution is 2.27. The van der Waals surface area contributed by atoms with Crippen molar-refractivity contribution >= 4 is 34.5 Å². The number of hydrazine groups is 1. The van der Waals surface area contributed by atoms with Gasteiger partial charge in [-0.05, 0) is 31.4 Å². The highest BCUT2D eigenvalue weighted by molar-refractivity contribution is 7.20. The van der Waals surface area contributed by atoms with E-state index in [1.807, 2.05) is 22.9 Å². The predicted octanol–water partition coefficient (Wildman–Crippen LogP) is 3.09. The lowest BCUT2D eigenvalue weighted by atomic mass is 10.2. The van der Waals surface area contributed by atoms with Crippen LogP contribution in [0.4, 0.5) is 0 Å². The minimum atomic E-state index is -0.407. The van der Waals surface area contributed by atoms with E-state index in [0.29, 0.717) is 22.8 Å². The summed E-state index contributed by atoms with van der Waals surface area (Å²) < 4.78 is 5.30. The zero-order valence-corrected chi connectivity index (χ0v) is 14.7. The van der Waals surface area contributed by atoms with Gasteiger partial charge in [-0.2, -0.15) is 0 Å². The molecule has 2 N–H and O–H groups in total. The summed E-state index contributed by atoms with van der Waals surface area (Å²) >= 11 is 3.10. The highest BCUT2D eigenvalue weighted by atomic mass is 32.1. The molecule has 0 saturated heterocycles. The molecule has 24 heavy (non-hydrogen) atoms. The molecule has 0 bridgehead atoms. The van der Waals surface area contributed by atoms with Gasteiger partial charge in [0.15, 0.2) is 0 Å². The molecule has 124 valence electrons. The van der Waals surface area contributed by atoms with Gasteiger partial charge in [-0.3, -0.25) is 20.4 Å². The number of carbonyl (C=O) groups excluding carboxylic acids is 2. The summed E-state index contributed by atoms with van der Waals surface area (Å²) in [6.45, 7) is 3.46. The van der Waals surface area contributed by atoms with E-state index >= 15 is 0 Å². The van der Waals surface area contributed by atoms with Gasteiger partial charge < -0.3 is 4.42 Å². The summed E-state index contributed by atoms with van der Waals surface area (Å²) in [5.74, 6) is 0.423. The van der Waals surface area contributed by atoms with Crippen LogP contribution in [0.3, 0.4) is 0 Å². The summed E-state index contributed by atoms with van der Waals surface area (Å²) in [5, 5.41) is 4.72. The number of carbonyl (C=O) groups is 2. The van der Waals surface area contributed by atoms with Crippen molar-refractivity contribution in [1.29, 1.82) is 0 Å². The van der Waals surface area contributed by atoms with Gasteiger partial charge in [-0.25, -0.2) is 4.98 Å². The van der Waals surface area contributed by atoms with E-state index in [4.69, 9.17) is 4.42 Å². The van der Waals surface area contributed by atoms with Crippen LogP contribution in [0.25, 0.3) is 9.88 Å². The molecule has 0 unspecified atom stereocenters. The lowest BCUT2D eigenvalue weighted by molar-refractivity contribution is -0.121. The average molecular weight is 361 g/mol. The number of nitrogens with one attached hydrogen (secondary N) is 2. The van der Waals surface area contributed by atoms with Crippen LogP contribution in [0.1, 0.15) is 27.6 Å². The van der Waals surface area contributed by atoms with Crippen LogP contribution in [0, 0.1) is 13.8 Å². The smallest absolute Gasteiger partial charge is 0.273 e. The van der Waals surface area contributed by atoms with Crippen molar-refractivity contribution in [3.8, 4) is 9.88 Å². The van der Waals surface area contributed by atoms with E-state index in [1.54, 1.807) is 31.3 Å². The van der Waals surface area contributed by atoms with Gasteiger partial charge >= 0.3 is 0 Å². The van der Waals surface area contributed by atoms with Gasteiger partial charge in [0, 0.05) is 5.38 Å². The molecular formula is C16H15N3O3S2. The van der Waals surface area contributed by atoms with Gasteiger partial charge in [0.2, 0.25) is 5.91 Å². The second-order valence-corrected chi connectivity index (χ2v) is 6.93. The van der Waals surface area contributed by atoms with Gasteiger partial charge in [0.25, 0.3) is 5.91 Å². The Morgan fingerprint density at radius 3 is 2.75 bits per heavy atom. The maximum atomic E-state index is 12.0. The minimum absolute atomic E-state index is 0.103. The van der Waals surface area contributed by atoms with E-state index in [9.17, 15) is 9.59 Å². The number of rotatable bonds is 4. The number of furan rings is 1. The fourth-order valence-electron chi connectivity index (χ4n) is 2.16. The minimum Gasteiger partial charge on any atom is -0.466 e. The van der Waals surface area contributed by atoms with Crippen LogP contribution in [0.15, 0.2) is 33.4 Å². The standard InChI is InChI=1S/C16H15N3O3S2/c1-9-6-12(10(2)22-9)15(21)19-18-14(20)7-11-8-24-16(17-11)13-4-3-5-23-13/h3-6,8H,7H2,1-2H3,(H,18,20)(H,19,21). The van der Waals surface area contributed by atoms with Crippen molar-refractivity contribution in [2.24, 2.45) is 0 Å². The van der Waals surface area contributed by atoms with Crippen LogP contribution in [-0.4, -0.2) is 16.8 Å². The van der Waals surface area contributed by atoms with Crippen molar-refractivity contribution in [2.75, 3.05) is 0 Å². The molecule has 0 aliphatic heterocycles. The molecule has 0 aromatic carbocycles. The van der Waals surface area contributed by atoms with Gasteiger partial charge in [0.05, 0.1) is 22.6 Å². The van der Waals surface area contributed by atoms with Gasteiger partial charge in [0.1, 0.15) is 16.5 Å². The Kier molecular flexibility index (Phi) is 4.77. The molecule has 6 nitrogen and oxygen atoms in total. The van der Waals surface area contributed by atoms with Crippen LogP contribution in [0.2, 0.25) is 0 Å². The topological polar surface area (TPSA) is 84.2 Å². The van der Waals surface area contributed by atoms with Crippen LogP contribution in [-0.2, 0) is 11.2 Å². The molecule has 3 aromatic rings. The summed E-state index contributed by atoms with van der Waals surface area (Å²) in [6, 6.07) is 5.58. The Balaban J connectivity index is 1.54.